The number of hydrogen-bond acceptors (Lipinski definition) is 2. The molecule has 1 aromatic carbocycles. The molecule has 0 bridgehead atoms. The zero-order chi connectivity index (χ0) is 13.9. The molecule has 4 heteroatoms. The van der Waals surface area contributed by atoms with Crippen molar-refractivity contribution in [2.75, 3.05) is 7.11 Å². The van der Waals surface area contributed by atoms with Crippen LogP contribution in [0.5, 0.6) is 0 Å². The summed E-state index contributed by atoms with van der Waals surface area (Å²) < 4.78 is 32.0. The maximum atomic E-state index is 13.6. The minimum Gasteiger partial charge on any atom is -0.379 e. The van der Waals surface area contributed by atoms with Gasteiger partial charge in [0.2, 0.25) is 0 Å². The molecule has 0 spiro atoms. The Balaban J connectivity index is 2.87. The van der Waals surface area contributed by atoms with E-state index in [0.717, 1.165) is 6.07 Å². The first-order chi connectivity index (χ1) is 8.27. The van der Waals surface area contributed by atoms with Crippen LogP contribution in [-0.2, 0) is 11.2 Å². The predicted octanol–water partition coefficient (Wildman–Crippen LogP) is 2.90. The molecule has 0 aliphatic rings. The van der Waals surface area contributed by atoms with Gasteiger partial charge in [-0.2, -0.15) is 0 Å². The average Bonchev–Trinajstić information content (AvgIpc) is 2.23. The molecule has 0 amide bonds. The van der Waals surface area contributed by atoms with Crippen molar-refractivity contribution in [3.63, 3.8) is 0 Å². The van der Waals surface area contributed by atoms with Crippen molar-refractivity contribution in [2.24, 2.45) is 11.1 Å². The fraction of sp³-hybridized carbons (Fsp3) is 0.571. The minimum absolute atomic E-state index is 0.155. The van der Waals surface area contributed by atoms with Gasteiger partial charge in [-0.3, -0.25) is 0 Å². The topological polar surface area (TPSA) is 35.2 Å². The molecule has 2 N–H and O–H groups in total. The lowest BCUT2D eigenvalue weighted by Gasteiger charge is -2.34. The monoisotopic (exact) mass is 257 g/mol. The fourth-order valence-corrected chi connectivity index (χ4v) is 2.24. The second kappa shape index (κ2) is 5.76. The van der Waals surface area contributed by atoms with E-state index in [9.17, 15) is 8.78 Å². The summed E-state index contributed by atoms with van der Waals surface area (Å²) in [6.45, 7) is 6.01. The zero-order valence-corrected chi connectivity index (χ0v) is 11.3. The van der Waals surface area contributed by atoms with E-state index in [1.165, 1.54) is 6.07 Å². The summed E-state index contributed by atoms with van der Waals surface area (Å²) in [5.41, 5.74) is 6.18. The molecular weight excluding hydrogens is 236 g/mol. The maximum Gasteiger partial charge on any atom is 0.162 e. The van der Waals surface area contributed by atoms with Crippen molar-refractivity contribution in [1.29, 1.82) is 0 Å². The molecule has 0 aromatic heterocycles. The molecule has 0 saturated heterocycles. The SMILES string of the molecule is COC(C(N)Cc1cccc(F)c1F)C(C)(C)C. The summed E-state index contributed by atoms with van der Waals surface area (Å²) in [5, 5.41) is 0. The van der Waals surface area contributed by atoms with Crippen LogP contribution < -0.4 is 5.73 Å². The van der Waals surface area contributed by atoms with Crippen LogP contribution in [0.1, 0.15) is 26.3 Å². The van der Waals surface area contributed by atoms with Crippen molar-refractivity contribution in [2.45, 2.75) is 39.3 Å². The van der Waals surface area contributed by atoms with Gasteiger partial charge in [0, 0.05) is 13.2 Å². The van der Waals surface area contributed by atoms with Crippen LogP contribution in [0.4, 0.5) is 8.78 Å². The van der Waals surface area contributed by atoms with E-state index < -0.39 is 11.6 Å². The van der Waals surface area contributed by atoms with Gasteiger partial charge < -0.3 is 10.5 Å². The van der Waals surface area contributed by atoms with E-state index in [0.29, 0.717) is 0 Å². The highest BCUT2D eigenvalue weighted by atomic mass is 19.2. The third kappa shape index (κ3) is 3.50. The van der Waals surface area contributed by atoms with Gasteiger partial charge in [-0.1, -0.05) is 32.9 Å². The lowest BCUT2D eigenvalue weighted by molar-refractivity contribution is -0.00183. The van der Waals surface area contributed by atoms with Crippen molar-refractivity contribution < 1.29 is 13.5 Å². The van der Waals surface area contributed by atoms with E-state index in [4.69, 9.17) is 10.5 Å². The molecule has 0 aliphatic carbocycles. The number of ether oxygens (including phenoxy) is 1. The predicted molar refractivity (Wildman–Crippen MR) is 68.3 cm³/mol. The Bertz CT molecular complexity index is 401. The minimum atomic E-state index is -0.843. The van der Waals surface area contributed by atoms with E-state index in [-0.39, 0.29) is 29.5 Å². The Morgan fingerprint density at radius 3 is 2.39 bits per heavy atom. The van der Waals surface area contributed by atoms with Gasteiger partial charge in [-0.25, -0.2) is 8.78 Å². The Hall–Kier alpha value is -1.00. The molecule has 0 saturated carbocycles. The maximum absolute atomic E-state index is 13.6. The summed E-state index contributed by atoms with van der Waals surface area (Å²) in [5.74, 6) is -1.67. The second-order valence-corrected chi connectivity index (χ2v) is 5.60. The Morgan fingerprint density at radius 1 is 1.28 bits per heavy atom. The van der Waals surface area contributed by atoms with Crippen LogP contribution in [0.3, 0.4) is 0 Å². The highest BCUT2D eigenvalue weighted by Gasteiger charge is 2.30. The van der Waals surface area contributed by atoms with Gasteiger partial charge in [0.1, 0.15) is 0 Å². The molecule has 1 aromatic rings. The molecular formula is C14H21F2NO. The summed E-state index contributed by atoms with van der Waals surface area (Å²) in [7, 11) is 1.58. The highest BCUT2D eigenvalue weighted by molar-refractivity contribution is 5.20. The van der Waals surface area contributed by atoms with Gasteiger partial charge in [-0.15, -0.1) is 0 Å². The fourth-order valence-electron chi connectivity index (χ4n) is 2.24. The molecule has 102 valence electrons. The Morgan fingerprint density at radius 2 is 1.89 bits per heavy atom. The number of halogens is 2. The molecule has 0 radical (unpaired) electrons. The lowest BCUT2D eigenvalue weighted by atomic mass is 9.82. The van der Waals surface area contributed by atoms with E-state index in [1.807, 2.05) is 20.8 Å². The van der Waals surface area contributed by atoms with Gasteiger partial charge in [-0.05, 0) is 23.5 Å². The van der Waals surface area contributed by atoms with Crippen LogP contribution in [-0.4, -0.2) is 19.3 Å². The molecule has 0 fully saturated rings. The largest absolute Gasteiger partial charge is 0.379 e. The van der Waals surface area contributed by atoms with Gasteiger partial charge in [0.25, 0.3) is 0 Å². The van der Waals surface area contributed by atoms with Crippen LogP contribution in [0, 0.1) is 17.0 Å². The van der Waals surface area contributed by atoms with Crippen molar-refractivity contribution >= 4 is 0 Å². The van der Waals surface area contributed by atoms with E-state index >= 15 is 0 Å². The third-order valence-corrected chi connectivity index (χ3v) is 2.98. The first-order valence-electron chi connectivity index (χ1n) is 5.98. The Labute approximate surface area is 107 Å². The summed E-state index contributed by atoms with van der Waals surface area (Å²) in [6, 6.07) is 3.75. The number of rotatable bonds is 4. The first kappa shape index (κ1) is 15.1. The molecule has 18 heavy (non-hydrogen) atoms. The number of benzene rings is 1. The first-order valence-corrected chi connectivity index (χ1v) is 5.98. The average molecular weight is 257 g/mol. The van der Waals surface area contributed by atoms with E-state index in [1.54, 1.807) is 13.2 Å². The molecule has 2 nitrogen and oxygen atoms in total. The normalized spacial score (nSPS) is 15.5. The molecule has 2 atom stereocenters. The van der Waals surface area contributed by atoms with Gasteiger partial charge in [0.05, 0.1) is 6.10 Å². The lowest BCUT2D eigenvalue weighted by Crippen LogP contribution is -2.46. The van der Waals surface area contributed by atoms with Gasteiger partial charge >= 0.3 is 0 Å². The molecule has 0 aliphatic heterocycles. The summed E-state index contributed by atoms with van der Waals surface area (Å²) in [6.07, 6.45) is 0.0273. The summed E-state index contributed by atoms with van der Waals surface area (Å²) in [4.78, 5) is 0. The highest BCUT2D eigenvalue weighted by Crippen LogP contribution is 2.26. The van der Waals surface area contributed by atoms with Crippen LogP contribution in [0.15, 0.2) is 18.2 Å². The molecule has 2 unspecified atom stereocenters. The quantitative estimate of drug-likeness (QED) is 0.900. The zero-order valence-electron chi connectivity index (χ0n) is 11.3. The number of methoxy groups -OCH3 is 1. The Kier molecular flexibility index (Phi) is 4.82. The van der Waals surface area contributed by atoms with Crippen LogP contribution in [0.25, 0.3) is 0 Å². The van der Waals surface area contributed by atoms with Crippen LogP contribution >= 0.6 is 0 Å². The smallest absolute Gasteiger partial charge is 0.162 e. The third-order valence-electron chi connectivity index (χ3n) is 2.98. The van der Waals surface area contributed by atoms with Crippen molar-refractivity contribution in [3.8, 4) is 0 Å². The number of nitrogens with two attached hydrogens (primary N) is 1. The van der Waals surface area contributed by atoms with Crippen LogP contribution in [0.2, 0.25) is 0 Å². The summed E-state index contributed by atoms with van der Waals surface area (Å²) >= 11 is 0. The van der Waals surface area contributed by atoms with Gasteiger partial charge in [0.15, 0.2) is 11.6 Å². The molecule has 0 heterocycles. The molecule has 1 rings (SSSR count). The number of hydrogen-bond donors (Lipinski definition) is 1. The van der Waals surface area contributed by atoms with Crippen molar-refractivity contribution in [3.05, 3.63) is 35.4 Å². The second-order valence-electron chi connectivity index (χ2n) is 5.60. The standard InChI is InChI=1S/C14H21F2NO/c1-14(2,3)13(18-4)11(17)8-9-6-5-7-10(15)12(9)16/h5-7,11,13H,8,17H2,1-4H3. The van der Waals surface area contributed by atoms with Crippen molar-refractivity contribution in [1.82, 2.24) is 0 Å². The van der Waals surface area contributed by atoms with E-state index in [2.05, 4.69) is 0 Å².